The molecule has 0 bridgehead atoms. The van der Waals surface area contributed by atoms with Gasteiger partial charge in [-0.15, -0.1) is 0 Å². The van der Waals surface area contributed by atoms with E-state index < -0.39 is 29.3 Å². The van der Waals surface area contributed by atoms with Crippen LogP contribution < -0.4 is 10.6 Å². The molecule has 0 heterocycles. The van der Waals surface area contributed by atoms with Gasteiger partial charge >= 0.3 is 6.09 Å². The van der Waals surface area contributed by atoms with Crippen molar-refractivity contribution in [1.29, 1.82) is 0 Å². The Morgan fingerprint density at radius 2 is 1.45 bits per heavy atom. The summed E-state index contributed by atoms with van der Waals surface area (Å²) >= 11 is 0. The molecular formula is C35H53N3O4. The topological polar surface area (TPSA) is 87.7 Å². The van der Waals surface area contributed by atoms with Crippen molar-refractivity contribution in [3.8, 4) is 0 Å². The van der Waals surface area contributed by atoms with Crippen molar-refractivity contribution >= 4 is 17.9 Å². The summed E-state index contributed by atoms with van der Waals surface area (Å²) in [5.41, 5.74) is 2.46. The van der Waals surface area contributed by atoms with Crippen LogP contribution in [0.3, 0.4) is 0 Å². The molecule has 2 unspecified atom stereocenters. The average Bonchev–Trinajstić information content (AvgIpc) is 2.85. The Morgan fingerprint density at radius 3 is 2.00 bits per heavy atom. The van der Waals surface area contributed by atoms with E-state index in [2.05, 4.69) is 23.6 Å². The van der Waals surface area contributed by atoms with Crippen LogP contribution in [-0.4, -0.2) is 46.5 Å². The first-order valence-corrected chi connectivity index (χ1v) is 15.3. The van der Waals surface area contributed by atoms with Crippen LogP contribution in [-0.2, 0) is 20.7 Å². The summed E-state index contributed by atoms with van der Waals surface area (Å²) < 4.78 is 5.55. The second-order valence-electron chi connectivity index (χ2n) is 13.4. The number of hydrogen-bond acceptors (Lipinski definition) is 4. The number of ether oxygens (including phenoxy) is 1. The van der Waals surface area contributed by atoms with Crippen molar-refractivity contribution in [2.24, 2.45) is 0 Å². The SMILES string of the molecule is CCCCCCCN(C(=O)C(Cc1ccccc1)NC(=O)OC(C)(C)C)C(C(=O)NC(C)(C)C)c1cc(C)cc(C)c1. The van der Waals surface area contributed by atoms with Gasteiger partial charge in [0.25, 0.3) is 0 Å². The minimum Gasteiger partial charge on any atom is -0.444 e. The molecule has 2 N–H and O–H groups in total. The van der Waals surface area contributed by atoms with Gasteiger partial charge in [-0.25, -0.2) is 4.79 Å². The second kappa shape index (κ2) is 15.8. The van der Waals surface area contributed by atoms with Gasteiger partial charge in [0.2, 0.25) is 11.8 Å². The lowest BCUT2D eigenvalue weighted by Gasteiger charge is -2.36. The molecule has 2 aromatic carbocycles. The van der Waals surface area contributed by atoms with E-state index in [0.29, 0.717) is 6.54 Å². The molecule has 2 rings (SSSR count). The molecule has 7 nitrogen and oxygen atoms in total. The minimum absolute atomic E-state index is 0.245. The summed E-state index contributed by atoms with van der Waals surface area (Å²) in [4.78, 5) is 43.3. The monoisotopic (exact) mass is 579 g/mol. The van der Waals surface area contributed by atoms with Crippen molar-refractivity contribution in [3.05, 3.63) is 70.8 Å². The highest BCUT2D eigenvalue weighted by Gasteiger charge is 2.37. The number of carbonyl (C=O) groups excluding carboxylic acids is 3. The van der Waals surface area contributed by atoms with Crippen LogP contribution in [0.2, 0.25) is 0 Å². The van der Waals surface area contributed by atoms with Crippen molar-refractivity contribution < 1.29 is 19.1 Å². The van der Waals surface area contributed by atoms with Gasteiger partial charge in [0.1, 0.15) is 17.7 Å². The number of nitrogens with zero attached hydrogens (tertiary/aromatic N) is 1. The zero-order valence-electron chi connectivity index (χ0n) is 27.3. The van der Waals surface area contributed by atoms with Gasteiger partial charge in [-0.3, -0.25) is 9.59 Å². The van der Waals surface area contributed by atoms with Gasteiger partial charge in [-0.05, 0) is 72.9 Å². The van der Waals surface area contributed by atoms with Crippen LogP contribution in [0.15, 0.2) is 48.5 Å². The summed E-state index contributed by atoms with van der Waals surface area (Å²) in [5.74, 6) is -0.557. The first kappa shape index (κ1) is 34.8. The van der Waals surface area contributed by atoms with Crippen molar-refractivity contribution in [2.75, 3.05) is 6.54 Å². The molecule has 0 spiro atoms. The number of aryl methyl sites for hydroxylation is 2. The summed E-state index contributed by atoms with van der Waals surface area (Å²) in [7, 11) is 0. The Hall–Kier alpha value is -3.35. The molecule has 0 radical (unpaired) electrons. The number of rotatable bonds is 13. The fourth-order valence-electron chi connectivity index (χ4n) is 5.03. The van der Waals surface area contributed by atoms with Gasteiger partial charge in [0, 0.05) is 18.5 Å². The Bertz CT molecular complexity index is 1140. The first-order valence-electron chi connectivity index (χ1n) is 15.3. The van der Waals surface area contributed by atoms with E-state index in [9.17, 15) is 14.4 Å². The molecule has 0 aromatic heterocycles. The molecule has 42 heavy (non-hydrogen) atoms. The van der Waals surface area contributed by atoms with E-state index in [1.165, 1.54) is 0 Å². The van der Waals surface area contributed by atoms with Crippen LogP contribution in [0.25, 0.3) is 0 Å². The number of hydrogen-bond donors (Lipinski definition) is 2. The summed E-state index contributed by atoms with van der Waals surface area (Å²) in [6, 6.07) is 13.8. The standard InChI is InChI=1S/C35H53N3O4/c1-10-11-12-13-17-20-38(30(31(39)37-34(4,5)6)28-22-25(2)21-26(3)23-28)32(40)29(24-27-18-15-14-16-19-27)36-33(41)42-35(7,8)9/h14-16,18-19,21-23,29-30H,10-13,17,20,24H2,1-9H3,(H,36,41)(H,37,39). The van der Waals surface area contributed by atoms with E-state index in [1.807, 2.05) is 77.1 Å². The molecule has 2 atom stereocenters. The van der Waals surface area contributed by atoms with Gasteiger partial charge in [-0.1, -0.05) is 92.3 Å². The Balaban J connectivity index is 2.60. The Labute approximate surface area is 253 Å². The third-order valence-electron chi connectivity index (χ3n) is 6.68. The minimum atomic E-state index is -0.922. The number of unbranched alkanes of at least 4 members (excludes halogenated alkanes) is 4. The van der Waals surface area contributed by atoms with E-state index in [1.54, 1.807) is 25.7 Å². The molecule has 0 aliphatic rings. The molecule has 3 amide bonds. The van der Waals surface area contributed by atoms with Gasteiger partial charge in [0.15, 0.2) is 0 Å². The third-order valence-corrected chi connectivity index (χ3v) is 6.68. The lowest BCUT2D eigenvalue weighted by atomic mass is 9.96. The molecule has 0 saturated heterocycles. The Kier molecular flexibility index (Phi) is 13.1. The maximum Gasteiger partial charge on any atom is 0.408 e. The van der Waals surface area contributed by atoms with Crippen LogP contribution in [0.1, 0.15) is 109 Å². The van der Waals surface area contributed by atoms with Crippen LogP contribution in [0.5, 0.6) is 0 Å². The fourth-order valence-corrected chi connectivity index (χ4v) is 5.03. The van der Waals surface area contributed by atoms with E-state index in [0.717, 1.165) is 54.4 Å². The Morgan fingerprint density at radius 1 is 0.857 bits per heavy atom. The zero-order valence-corrected chi connectivity index (χ0v) is 27.3. The first-order chi connectivity index (χ1) is 19.6. The van der Waals surface area contributed by atoms with Crippen molar-refractivity contribution in [2.45, 2.75) is 124 Å². The number of carbonyl (C=O) groups is 3. The lowest BCUT2D eigenvalue weighted by molar-refractivity contribution is -0.143. The third kappa shape index (κ3) is 12.3. The zero-order chi connectivity index (χ0) is 31.5. The summed E-state index contributed by atoms with van der Waals surface area (Å²) in [6.07, 6.45) is 4.59. The van der Waals surface area contributed by atoms with Crippen LogP contribution >= 0.6 is 0 Å². The number of alkyl carbamates (subject to hydrolysis) is 1. The molecule has 0 saturated carbocycles. The molecule has 0 aliphatic heterocycles. The van der Waals surface area contributed by atoms with Crippen molar-refractivity contribution in [3.63, 3.8) is 0 Å². The average molecular weight is 580 g/mol. The van der Waals surface area contributed by atoms with Crippen LogP contribution in [0, 0.1) is 13.8 Å². The quantitative estimate of drug-likeness (QED) is 0.246. The summed E-state index contributed by atoms with van der Waals surface area (Å²) in [6.45, 7) is 17.7. The highest BCUT2D eigenvalue weighted by atomic mass is 16.6. The molecule has 2 aromatic rings. The van der Waals surface area contributed by atoms with Gasteiger partial charge in [-0.2, -0.15) is 0 Å². The number of amides is 3. The highest BCUT2D eigenvalue weighted by Crippen LogP contribution is 2.27. The maximum atomic E-state index is 14.6. The van der Waals surface area contributed by atoms with Crippen molar-refractivity contribution in [1.82, 2.24) is 15.5 Å². The number of nitrogens with one attached hydrogen (secondary N) is 2. The fraction of sp³-hybridized carbons (Fsp3) is 0.571. The molecular weight excluding hydrogens is 526 g/mol. The van der Waals surface area contributed by atoms with Gasteiger partial charge in [0.05, 0.1) is 0 Å². The molecule has 232 valence electrons. The molecule has 0 aliphatic carbocycles. The van der Waals surface area contributed by atoms with E-state index in [4.69, 9.17) is 4.74 Å². The summed E-state index contributed by atoms with van der Waals surface area (Å²) in [5, 5.41) is 5.96. The molecule has 0 fully saturated rings. The molecule has 7 heteroatoms. The second-order valence-corrected chi connectivity index (χ2v) is 13.4. The van der Waals surface area contributed by atoms with Gasteiger partial charge < -0.3 is 20.3 Å². The predicted molar refractivity (Wildman–Crippen MR) is 170 cm³/mol. The normalized spacial score (nSPS) is 13.2. The lowest BCUT2D eigenvalue weighted by Crippen LogP contribution is -2.55. The van der Waals surface area contributed by atoms with E-state index >= 15 is 0 Å². The maximum absolute atomic E-state index is 14.6. The highest BCUT2D eigenvalue weighted by molar-refractivity contribution is 5.92. The smallest absolute Gasteiger partial charge is 0.408 e. The largest absolute Gasteiger partial charge is 0.444 e. The number of benzene rings is 2. The predicted octanol–water partition coefficient (Wildman–Crippen LogP) is 7.19. The van der Waals surface area contributed by atoms with Crippen LogP contribution in [0.4, 0.5) is 4.79 Å². The van der Waals surface area contributed by atoms with E-state index in [-0.39, 0.29) is 18.2 Å².